The molecule has 0 unspecified atom stereocenters. The molecule has 5 heteroatoms. The van der Waals surface area contributed by atoms with Gasteiger partial charge in [-0.1, -0.05) is 13.8 Å². The molecule has 0 saturated carbocycles. The second kappa shape index (κ2) is 7.20. The largest absolute Gasteiger partial charge is 0.395 e. The number of sulfone groups is 1. The zero-order valence-corrected chi connectivity index (χ0v) is 9.89. The van der Waals surface area contributed by atoms with Crippen LogP contribution in [0.3, 0.4) is 0 Å². The Morgan fingerprint density at radius 2 is 1.79 bits per heavy atom. The van der Waals surface area contributed by atoms with Gasteiger partial charge in [0.05, 0.1) is 12.4 Å². The number of aliphatic hydroxyl groups excluding tert-OH is 1. The Bertz CT molecular complexity index is 226. The lowest BCUT2D eigenvalue weighted by atomic mass is 10.5. The molecule has 0 atom stereocenters. The second-order valence-electron chi connectivity index (χ2n) is 3.31. The highest BCUT2D eigenvalue weighted by Gasteiger charge is 2.11. The van der Waals surface area contributed by atoms with Crippen molar-refractivity contribution in [2.75, 3.05) is 37.7 Å². The third-order valence-electron chi connectivity index (χ3n) is 2.10. The van der Waals surface area contributed by atoms with Crippen LogP contribution in [0.4, 0.5) is 0 Å². The highest BCUT2D eigenvalue weighted by atomic mass is 32.2. The topological polar surface area (TPSA) is 57.6 Å². The van der Waals surface area contributed by atoms with Gasteiger partial charge in [0.2, 0.25) is 0 Å². The molecule has 0 aliphatic heterocycles. The first-order valence-electron chi connectivity index (χ1n) is 5.09. The van der Waals surface area contributed by atoms with E-state index in [2.05, 4.69) is 0 Å². The van der Waals surface area contributed by atoms with Gasteiger partial charge >= 0.3 is 0 Å². The molecule has 1 N–H and O–H groups in total. The smallest absolute Gasteiger partial charge is 0.151 e. The van der Waals surface area contributed by atoms with E-state index in [-0.39, 0.29) is 18.1 Å². The van der Waals surface area contributed by atoms with Crippen LogP contribution in [-0.4, -0.2) is 56.2 Å². The van der Waals surface area contributed by atoms with E-state index in [4.69, 9.17) is 5.11 Å². The van der Waals surface area contributed by atoms with E-state index in [1.54, 1.807) is 0 Å². The fourth-order valence-corrected chi connectivity index (χ4v) is 2.61. The van der Waals surface area contributed by atoms with E-state index in [1.165, 1.54) is 0 Å². The molecular weight excluding hydrogens is 202 g/mol. The van der Waals surface area contributed by atoms with Crippen LogP contribution in [0.25, 0.3) is 0 Å². The minimum absolute atomic E-state index is 0.0850. The average Bonchev–Trinajstić information content (AvgIpc) is 2.12. The fourth-order valence-electron chi connectivity index (χ4n) is 1.25. The predicted molar refractivity (Wildman–Crippen MR) is 58.1 cm³/mol. The number of aliphatic hydroxyl groups is 1. The predicted octanol–water partition coefficient (Wildman–Crippen LogP) is 0.125. The van der Waals surface area contributed by atoms with E-state index in [9.17, 15) is 8.42 Å². The number of likely N-dealkylation sites (N-methyl/N-ethyl adjacent to an activating group) is 1. The van der Waals surface area contributed by atoms with Crippen molar-refractivity contribution >= 4 is 9.84 Å². The van der Waals surface area contributed by atoms with Crippen molar-refractivity contribution in [1.29, 1.82) is 0 Å². The molecule has 0 rings (SSSR count). The number of hydrogen-bond acceptors (Lipinski definition) is 4. The van der Waals surface area contributed by atoms with Crippen molar-refractivity contribution < 1.29 is 13.5 Å². The van der Waals surface area contributed by atoms with Crippen molar-refractivity contribution in [2.24, 2.45) is 0 Å². The van der Waals surface area contributed by atoms with Gasteiger partial charge < -0.3 is 10.0 Å². The van der Waals surface area contributed by atoms with Crippen molar-refractivity contribution in [1.82, 2.24) is 4.90 Å². The third-order valence-corrected chi connectivity index (χ3v) is 3.93. The monoisotopic (exact) mass is 223 g/mol. The Morgan fingerprint density at radius 1 is 1.14 bits per heavy atom. The zero-order chi connectivity index (χ0) is 11.0. The van der Waals surface area contributed by atoms with Crippen LogP contribution in [0.2, 0.25) is 0 Å². The van der Waals surface area contributed by atoms with Crippen LogP contribution >= 0.6 is 0 Å². The molecule has 0 saturated heterocycles. The fraction of sp³-hybridized carbons (Fsp3) is 1.00. The number of nitrogens with zero attached hydrogens (tertiary/aromatic N) is 1. The zero-order valence-electron chi connectivity index (χ0n) is 9.07. The van der Waals surface area contributed by atoms with E-state index in [0.717, 1.165) is 6.54 Å². The molecule has 86 valence electrons. The molecule has 0 bridgehead atoms. The summed E-state index contributed by atoms with van der Waals surface area (Å²) in [6.45, 7) is 5.77. The number of hydrogen-bond donors (Lipinski definition) is 1. The van der Waals surface area contributed by atoms with E-state index < -0.39 is 9.84 Å². The first-order chi connectivity index (χ1) is 6.55. The molecule has 0 aliphatic rings. The Morgan fingerprint density at radius 3 is 2.21 bits per heavy atom. The Balaban J connectivity index is 3.89. The first-order valence-corrected chi connectivity index (χ1v) is 6.91. The second-order valence-corrected chi connectivity index (χ2v) is 5.61. The van der Waals surface area contributed by atoms with E-state index in [0.29, 0.717) is 19.5 Å². The highest BCUT2D eigenvalue weighted by molar-refractivity contribution is 7.91. The molecule has 4 nitrogen and oxygen atoms in total. The van der Waals surface area contributed by atoms with Gasteiger partial charge in [0.1, 0.15) is 0 Å². The molecule has 0 aromatic carbocycles. The van der Waals surface area contributed by atoms with Crippen molar-refractivity contribution in [3.63, 3.8) is 0 Å². The SMILES string of the molecule is CCCS(=O)(=O)CCN(CC)CCO. The van der Waals surface area contributed by atoms with Crippen LogP contribution in [-0.2, 0) is 9.84 Å². The lowest BCUT2D eigenvalue weighted by molar-refractivity contribution is 0.209. The molecule has 0 fully saturated rings. The summed E-state index contributed by atoms with van der Waals surface area (Å²) < 4.78 is 22.7. The van der Waals surface area contributed by atoms with Gasteiger partial charge in [-0.15, -0.1) is 0 Å². The van der Waals surface area contributed by atoms with Crippen LogP contribution in [0.1, 0.15) is 20.3 Å². The highest BCUT2D eigenvalue weighted by Crippen LogP contribution is 1.96. The summed E-state index contributed by atoms with van der Waals surface area (Å²) in [6.07, 6.45) is 0.675. The minimum Gasteiger partial charge on any atom is -0.395 e. The van der Waals surface area contributed by atoms with Crippen LogP contribution in [0, 0.1) is 0 Å². The maximum Gasteiger partial charge on any atom is 0.151 e. The van der Waals surface area contributed by atoms with E-state index >= 15 is 0 Å². The first kappa shape index (κ1) is 13.9. The quantitative estimate of drug-likeness (QED) is 0.635. The van der Waals surface area contributed by atoms with Crippen LogP contribution < -0.4 is 0 Å². The van der Waals surface area contributed by atoms with Gasteiger partial charge in [-0.05, 0) is 13.0 Å². The standard InChI is InChI=1S/C9H21NO3S/c1-3-8-14(12,13)9-6-10(4-2)5-7-11/h11H,3-9H2,1-2H3. The Hall–Kier alpha value is -0.130. The van der Waals surface area contributed by atoms with Gasteiger partial charge in [0.15, 0.2) is 9.84 Å². The summed E-state index contributed by atoms with van der Waals surface area (Å²) in [6, 6.07) is 0. The van der Waals surface area contributed by atoms with Gasteiger partial charge in [-0.25, -0.2) is 8.42 Å². The molecule has 0 aromatic heterocycles. The molecule has 0 spiro atoms. The van der Waals surface area contributed by atoms with Gasteiger partial charge in [-0.3, -0.25) is 0 Å². The number of rotatable bonds is 8. The summed E-state index contributed by atoms with van der Waals surface area (Å²) in [5.41, 5.74) is 0. The molecule has 0 aliphatic carbocycles. The van der Waals surface area contributed by atoms with Crippen molar-refractivity contribution in [2.45, 2.75) is 20.3 Å². The molecule has 0 amide bonds. The lowest BCUT2D eigenvalue weighted by Gasteiger charge is -2.18. The summed E-state index contributed by atoms with van der Waals surface area (Å²) in [5, 5.41) is 8.71. The van der Waals surface area contributed by atoms with Crippen LogP contribution in [0.5, 0.6) is 0 Å². The average molecular weight is 223 g/mol. The molecule has 0 radical (unpaired) electrons. The van der Waals surface area contributed by atoms with Gasteiger partial charge in [0.25, 0.3) is 0 Å². The van der Waals surface area contributed by atoms with Crippen molar-refractivity contribution in [3.05, 3.63) is 0 Å². The summed E-state index contributed by atoms with van der Waals surface area (Å²) in [4.78, 5) is 1.94. The Kier molecular flexibility index (Phi) is 7.13. The molecular formula is C9H21NO3S. The summed E-state index contributed by atoms with van der Waals surface area (Å²) in [7, 11) is -2.88. The lowest BCUT2D eigenvalue weighted by Crippen LogP contribution is -2.32. The minimum atomic E-state index is -2.88. The maximum absolute atomic E-state index is 11.4. The van der Waals surface area contributed by atoms with Crippen molar-refractivity contribution in [3.8, 4) is 0 Å². The van der Waals surface area contributed by atoms with E-state index in [1.807, 2.05) is 18.7 Å². The molecule has 0 aromatic rings. The normalized spacial score (nSPS) is 12.3. The maximum atomic E-state index is 11.4. The molecule has 14 heavy (non-hydrogen) atoms. The van der Waals surface area contributed by atoms with Gasteiger partial charge in [0, 0.05) is 18.8 Å². The summed E-state index contributed by atoms with van der Waals surface area (Å²) in [5.74, 6) is 0.471. The van der Waals surface area contributed by atoms with Crippen LogP contribution in [0.15, 0.2) is 0 Å². The Labute approximate surface area is 86.8 Å². The molecule has 0 heterocycles. The van der Waals surface area contributed by atoms with Gasteiger partial charge in [-0.2, -0.15) is 0 Å². The third kappa shape index (κ3) is 6.34. The summed E-state index contributed by atoms with van der Waals surface area (Å²) >= 11 is 0.